The van der Waals surface area contributed by atoms with Crippen LogP contribution in [0, 0.1) is 0 Å². The van der Waals surface area contributed by atoms with Crippen molar-refractivity contribution in [1.82, 2.24) is 9.88 Å². The highest BCUT2D eigenvalue weighted by Crippen LogP contribution is 2.21. The lowest BCUT2D eigenvalue weighted by Gasteiger charge is -2.23. The molecule has 0 spiro atoms. The number of hydrogen-bond donors (Lipinski definition) is 3. The van der Waals surface area contributed by atoms with E-state index in [2.05, 4.69) is 5.32 Å². The molecule has 1 aromatic carbocycles. The van der Waals surface area contributed by atoms with Gasteiger partial charge in [0, 0.05) is 29.2 Å². The van der Waals surface area contributed by atoms with E-state index in [0.29, 0.717) is 6.54 Å². The normalized spacial score (nSPS) is 11.9. The zero-order valence-corrected chi connectivity index (χ0v) is 11.8. The van der Waals surface area contributed by atoms with Crippen LogP contribution in [-0.4, -0.2) is 32.9 Å². The van der Waals surface area contributed by atoms with Gasteiger partial charge in [-0.1, -0.05) is 18.2 Å². The number of benzene rings is 1. The fraction of sp³-hybridized carbons (Fsp3) is 0.400. The summed E-state index contributed by atoms with van der Waals surface area (Å²) in [6, 6.07) is 7.74. The molecule has 1 aromatic heterocycles. The Hall–Kier alpha value is -1.85. The molecule has 0 aliphatic carbocycles. The molecule has 0 aliphatic rings. The van der Waals surface area contributed by atoms with Crippen LogP contribution in [0.4, 0.5) is 0 Å². The van der Waals surface area contributed by atoms with Gasteiger partial charge >= 0.3 is 5.97 Å². The quantitative estimate of drug-likeness (QED) is 0.749. The van der Waals surface area contributed by atoms with Crippen LogP contribution in [0.15, 0.2) is 30.5 Å². The Morgan fingerprint density at radius 1 is 1.35 bits per heavy atom. The molecule has 0 saturated carbocycles. The van der Waals surface area contributed by atoms with Crippen molar-refractivity contribution >= 4 is 16.9 Å². The first-order chi connectivity index (χ1) is 9.43. The molecule has 0 unspecified atom stereocenters. The fourth-order valence-corrected chi connectivity index (χ4v) is 2.13. The molecular formula is C15H20N2O3. The minimum Gasteiger partial charge on any atom is -0.480 e. The summed E-state index contributed by atoms with van der Waals surface area (Å²) in [5.41, 5.74) is 1.58. The molecule has 2 rings (SSSR count). The summed E-state index contributed by atoms with van der Waals surface area (Å²) in [4.78, 5) is 10.9. The van der Waals surface area contributed by atoms with Gasteiger partial charge < -0.3 is 20.1 Å². The fourth-order valence-electron chi connectivity index (χ4n) is 2.13. The van der Waals surface area contributed by atoms with Crippen molar-refractivity contribution in [3.05, 3.63) is 36.0 Å². The van der Waals surface area contributed by atoms with E-state index in [1.165, 1.54) is 0 Å². The lowest BCUT2D eigenvalue weighted by atomic mass is 10.1. The number of carboxylic acids is 1. The van der Waals surface area contributed by atoms with E-state index in [1.54, 1.807) is 4.57 Å². The standard InChI is InChI=1S/C15H20N2O3/c1-15(2,10-18)16-7-11-8-17(9-14(19)20)13-6-4-3-5-12(11)13/h3-6,8,16,18H,7,9-10H2,1-2H3,(H,19,20). The van der Waals surface area contributed by atoms with Crippen molar-refractivity contribution in [3.63, 3.8) is 0 Å². The van der Waals surface area contributed by atoms with Crippen molar-refractivity contribution in [3.8, 4) is 0 Å². The van der Waals surface area contributed by atoms with E-state index in [4.69, 9.17) is 5.11 Å². The number of carbonyl (C=O) groups is 1. The molecule has 3 N–H and O–H groups in total. The number of aromatic nitrogens is 1. The monoisotopic (exact) mass is 276 g/mol. The summed E-state index contributed by atoms with van der Waals surface area (Å²) in [5, 5.41) is 22.5. The molecule has 0 bridgehead atoms. The van der Waals surface area contributed by atoms with Gasteiger partial charge in [-0.15, -0.1) is 0 Å². The largest absolute Gasteiger partial charge is 0.480 e. The first kappa shape index (κ1) is 14.6. The number of aliphatic hydroxyl groups is 1. The minimum absolute atomic E-state index is 0.0424. The maximum atomic E-state index is 10.9. The van der Waals surface area contributed by atoms with E-state index >= 15 is 0 Å². The third-order valence-electron chi connectivity index (χ3n) is 3.33. The van der Waals surface area contributed by atoms with Crippen LogP contribution in [0.5, 0.6) is 0 Å². The Bertz CT molecular complexity index is 617. The third kappa shape index (κ3) is 3.18. The van der Waals surface area contributed by atoms with Gasteiger partial charge in [0.1, 0.15) is 6.54 Å². The van der Waals surface area contributed by atoms with Crippen molar-refractivity contribution in [2.75, 3.05) is 6.61 Å². The Kier molecular flexibility index (Phi) is 4.11. The summed E-state index contributed by atoms with van der Waals surface area (Å²) >= 11 is 0. The topological polar surface area (TPSA) is 74.5 Å². The van der Waals surface area contributed by atoms with Gasteiger partial charge in [-0.05, 0) is 25.5 Å². The van der Waals surface area contributed by atoms with Crippen LogP contribution in [-0.2, 0) is 17.9 Å². The maximum absolute atomic E-state index is 10.9. The molecule has 0 atom stereocenters. The summed E-state index contributed by atoms with van der Waals surface area (Å²) in [6.45, 7) is 4.41. The summed E-state index contributed by atoms with van der Waals surface area (Å²) in [6.07, 6.45) is 1.86. The Labute approximate surface area is 117 Å². The number of nitrogens with one attached hydrogen (secondary N) is 1. The van der Waals surface area contributed by atoms with E-state index in [0.717, 1.165) is 16.5 Å². The number of fused-ring (bicyclic) bond motifs is 1. The molecule has 0 aliphatic heterocycles. The third-order valence-corrected chi connectivity index (χ3v) is 3.33. The predicted molar refractivity (Wildman–Crippen MR) is 77.6 cm³/mol. The summed E-state index contributed by atoms with van der Waals surface area (Å²) < 4.78 is 1.74. The lowest BCUT2D eigenvalue weighted by molar-refractivity contribution is -0.137. The van der Waals surface area contributed by atoms with Crippen molar-refractivity contribution in [2.45, 2.75) is 32.5 Å². The smallest absolute Gasteiger partial charge is 0.323 e. The van der Waals surface area contributed by atoms with Gasteiger partial charge in [-0.3, -0.25) is 4.79 Å². The highest BCUT2D eigenvalue weighted by molar-refractivity contribution is 5.85. The molecule has 5 nitrogen and oxygen atoms in total. The molecule has 0 amide bonds. The predicted octanol–water partition coefficient (Wildman–Crippen LogP) is 1.59. The number of para-hydroxylation sites is 1. The minimum atomic E-state index is -0.860. The van der Waals surface area contributed by atoms with Gasteiger partial charge in [-0.2, -0.15) is 0 Å². The molecule has 20 heavy (non-hydrogen) atoms. The van der Waals surface area contributed by atoms with Crippen LogP contribution >= 0.6 is 0 Å². The van der Waals surface area contributed by atoms with Crippen LogP contribution in [0.25, 0.3) is 10.9 Å². The van der Waals surface area contributed by atoms with Crippen molar-refractivity contribution < 1.29 is 15.0 Å². The Morgan fingerprint density at radius 2 is 2.05 bits per heavy atom. The average Bonchev–Trinajstić information content (AvgIpc) is 2.75. The van der Waals surface area contributed by atoms with Crippen LogP contribution < -0.4 is 5.32 Å². The average molecular weight is 276 g/mol. The first-order valence-corrected chi connectivity index (χ1v) is 6.57. The van der Waals surface area contributed by atoms with E-state index in [9.17, 15) is 9.90 Å². The maximum Gasteiger partial charge on any atom is 0.323 e. The highest BCUT2D eigenvalue weighted by Gasteiger charge is 2.17. The molecule has 2 aromatic rings. The zero-order valence-electron chi connectivity index (χ0n) is 11.8. The second-order valence-corrected chi connectivity index (χ2v) is 5.59. The molecule has 108 valence electrons. The zero-order chi connectivity index (χ0) is 14.8. The number of rotatable bonds is 6. The van der Waals surface area contributed by atoms with Gasteiger partial charge in [0.05, 0.1) is 6.61 Å². The van der Waals surface area contributed by atoms with E-state index < -0.39 is 5.97 Å². The van der Waals surface area contributed by atoms with E-state index in [-0.39, 0.29) is 18.7 Å². The van der Waals surface area contributed by atoms with Gasteiger partial charge in [-0.25, -0.2) is 0 Å². The number of nitrogens with zero attached hydrogens (tertiary/aromatic N) is 1. The Balaban J connectivity index is 2.31. The molecule has 0 radical (unpaired) electrons. The van der Waals surface area contributed by atoms with Crippen molar-refractivity contribution in [2.24, 2.45) is 0 Å². The van der Waals surface area contributed by atoms with Crippen LogP contribution in [0.3, 0.4) is 0 Å². The Morgan fingerprint density at radius 3 is 2.70 bits per heavy atom. The number of aliphatic carboxylic acids is 1. The SMILES string of the molecule is CC(C)(CO)NCc1cn(CC(=O)O)c2ccccc12. The summed E-state index contributed by atoms with van der Waals surface area (Å²) in [5.74, 6) is -0.860. The second-order valence-electron chi connectivity index (χ2n) is 5.59. The highest BCUT2D eigenvalue weighted by atomic mass is 16.4. The van der Waals surface area contributed by atoms with Crippen molar-refractivity contribution in [1.29, 1.82) is 0 Å². The van der Waals surface area contributed by atoms with Gasteiger partial charge in [0.15, 0.2) is 0 Å². The number of aliphatic hydroxyl groups excluding tert-OH is 1. The summed E-state index contributed by atoms with van der Waals surface area (Å²) in [7, 11) is 0. The number of hydrogen-bond acceptors (Lipinski definition) is 3. The second kappa shape index (κ2) is 5.64. The molecular weight excluding hydrogens is 256 g/mol. The van der Waals surface area contributed by atoms with Gasteiger partial charge in [0.2, 0.25) is 0 Å². The molecule has 0 saturated heterocycles. The number of carboxylic acid groups (broad SMARTS) is 1. The van der Waals surface area contributed by atoms with E-state index in [1.807, 2.05) is 44.3 Å². The molecule has 1 heterocycles. The van der Waals surface area contributed by atoms with Gasteiger partial charge in [0.25, 0.3) is 0 Å². The molecule has 5 heteroatoms. The van der Waals surface area contributed by atoms with Crippen LogP contribution in [0.2, 0.25) is 0 Å². The molecule has 0 fully saturated rings. The first-order valence-electron chi connectivity index (χ1n) is 6.57. The van der Waals surface area contributed by atoms with Crippen LogP contribution in [0.1, 0.15) is 19.4 Å². The lowest BCUT2D eigenvalue weighted by Crippen LogP contribution is -2.42.